The van der Waals surface area contributed by atoms with Crippen LogP contribution in [0.15, 0.2) is 10.3 Å². The van der Waals surface area contributed by atoms with E-state index in [9.17, 15) is 0 Å². The Kier molecular flexibility index (Phi) is 8.08. The Hall–Kier alpha value is -1.06. The minimum Gasteiger partial charge on any atom is -0.399 e. The van der Waals surface area contributed by atoms with Crippen LogP contribution in [0, 0.1) is 0 Å². The van der Waals surface area contributed by atoms with E-state index in [0.29, 0.717) is 0 Å². The summed E-state index contributed by atoms with van der Waals surface area (Å²) < 4.78 is 0. The average Bonchev–Trinajstić information content (AvgIpc) is 2.03. The van der Waals surface area contributed by atoms with E-state index in [2.05, 4.69) is 20.0 Å². The van der Waals surface area contributed by atoms with Gasteiger partial charge in [0.1, 0.15) is 14.2 Å². The molecule has 0 heterocycles. The van der Waals surface area contributed by atoms with Crippen molar-refractivity contribution in [1.82, 2.24) is 0 Å². The fourth-order valence-corrected chi connectivity index (χ4v) is 0.555. The summed E-state index contributed by atoms with van der Waals surface area (Å²) in [7, 11) is 3.06. The van der Waals surface area contributed by atoms with Gasteiger partial charge in [0.2, 0.25) is 0 Å². The first-order valence-corrected chi connectivity index (χ1v) is 3.51. The average molecular weight is 158 g/mol. The normalized spacial score (nSPS) is 11.1. The van der Waals surface area contributed by atoms with Gasteiger partial charge in [0, 0.05) is 12.4 Å². The van der Waals surface area contributed by atoms with Crippen molar-refractivity contribution in [2.45, 2.75) is 19.3 Å². The van der Waals surface area contributed by atoms with Crippen molar-refractivity contribution in [2.75, 3.05) is 14.2 Å². The lowest BCUT2D eigenvalue weighted by Gasteiger charge is -1.88. The highest BCUT2D eigenvalue weighted by atomic mass is 16.6. The van der Waals surface area contributed by atoms with Gasteiger partial charge in [-0.25, -0.2) is 0 Å². The van der Waals surface area contributed by atoms with Crippen molar-refractivity contribution in [3.8, 4) is 0 Å². The molecule has 0 fully saturated rings. The first-order chi connectivity index (χ1) is 5.41. The van der Waals surface area contributed by atoms with Crippen LogP contribution in [0.2, 0.25) is 0 Å². The Morgan fingerprint density at radius 2 is 1.45 bits per heavy atom. The van der Waals surface area contributed by atoms with Crippen molar-refractivity contribution < 1.29 is 9.68 Å². The Morgan fingerprint density at radius 1 is 1.00 bits per heavy atom. The zero-order valence-corrected chi connectivity index (χ0v) is 6.99. The number of rotatable bonds is 6. The van der Waals surface area contributed by atoms with E-state index in [0.717, 1.165) is 19.3 Å². The largest absolute Gasteiger partial charge is 0.399 e. The fraction of sp³-hybridized carbons (Fsp3) is 0.714. The predicted molar refractivity (Wildman–Crippen MR) is 44.9 cm³/mol. The second-order valence-corrected chi connectivity index (χ2v) is 1.87. The Bertz CT molecular complexity index is 110. The van der Waals surface area contributed by atoms with E-state index in [1.807, 2.05) is 0 Å². The molecule has 4 heteroatoms. The summed E-state index contributed by atoms with van der Waals surface area (Å²) in [5, 5.41) is 7.18. The molecule has 0 bridgehead atoms. The van der Waals surface area contributed by atoms with Crippen molar-refractivity contribution in [2.24, 2.45) is 10.3 Å². The minimum absolute atomic E-state index is 0.906. The highest BCUT2D eigenvalue weighted by Crippen LogP contribution is 1.89. The highest BCUT2D eigenvalue weighted by molar-refractivity contribution is 5.59. The monoisotopic (exact) mass is 158 g/mol. The lowest BCUT2D eigenvalue weighted by atomic mass is 10.3. The quantitative estimate of drug-likeness (QED) is 0.333. The van der Waals surface area contributed by atoms with E-state index in [1.165, 1.54) is 14.2 Å². The third-order valence-electron chi connectivity index (χ3n) is 1.03. The topological polar surface area (TPSA) is 43.2 Å². The number of hydrogen-bond acceptors (Lipinski definition) is 4. The molecule has 0 N–H and O–H groups in total. The smallest absolute Gasteiger partial charge is 0.106 e. The van der Waals surface area contributed by atoms with Gasteiger partial charge in [-0.15, -0.1) is 0 Å². The Balaban J connectivity index is 3.02. The maximum atomic E-state index is 4.48. The van der Waals surface area contributed by atoms with Crippen molar-refractivity contribution in [3.63, 3.8) is 0 Å². The van der Waals surface area contributed by atoms with E-state index in [1.54, 1.807) is 12.4 Å². The number of nitrogens with zero attached hydrogens (tertiary/aromatic N) is 2. The third kappa shape index (κ3) is 8.94. The third-order valence-corrected chi connectivity index (χ3v) is 1.03. The zero-order chi connectivity index (χ0) is 8.36. The molecular formula is C7H14N2O2. The van der Waals surface area contributed by atoms with Gasteiger partial charge in [-0.05, 0) is 19.3 Å². The predicted octanol–water partition coefficient (Wildman–Crippen LogP) is 1.42. The fourth-order valence-electron chi connectivity index (χ4n) is 0.555. The van der Waals surface area contributed by atoms with E-state index in [-0.39, 0.29) is 0 Å². The number of oxime groups is 2. The van der Waals surface area contributed by atoms with Crippen LogP contribution in [0.4, 0.5) is 0 Å². The van der Waals surface area contributed by atoms with Gasteiger partial charge < -0.3 is 9.68 Å². The lowest BCUT2D eigenvalue weighted by molar-refractivity contribution is 0.214. The van der Waals surface area contributed by atoms with Crippen molar-refractivity contribution in [1.29, 1.82) is 0 Å². The van der Waals surface area contributed by atoms with Gasteiger partial charge in [-0.1, -0.05) is 10.3 Å². The lowest BCUT2D eigenvalue weighted by Crippen LogP contribution is -1.81. The van der Waals surface area contributed by atoms with Crippen LogP contribution in [0.3, 0.4) is 0 Å². The summed E-state index contributed by atoms with van der Waals surface area (Å²) in [5.74, 6) is 0. The van der Waals surface area contributed by atoms with E-state index in [4.69, 9.17) is 0 Å². The van der Waals surface area contributed by atoms with Gasteiger partial charge in [-0.3, -0.25) is 0 Å². The number of unbranched alkanes of at least 4 members (excludes halogenated alkanes) is 2. The van der Waals surface area contributed by atoms with Crippen molar-refractivity contribution >= 4 is 12.4 Å². The molecule has 0 amide bonds. The standard InChI is InChI=1S/C7H14N2O2/c1-10-8-6-4-3-5-7-9-11-2/h6-7H,3-5H2,1-2H3/b8-6-,9-7+. The van der Waals surface area contributed by atoms with Gasteiger partial charge in [0.05, 0.1) is 0 Å². The van der Waals surface area contributed by atoms with E-state index < -0.39 is 0 Å². The van der Waals surface area contributed by atoms with Crippen LogP contribution >= 0.6 is 0 Å². The Morgan fingerprint density at radius 3 is 1.82 bits per heavy atom. The highest BCUT2D eigenvalue weighted by Gasteiger charge is 1.81. The van der Waals surface area contributed by atoms with Gasteiger partial charge in [0.15, 0.2) is 0 Å². The second kappa shape index (κ2) is 8.94. The molecule has 0 atom stereocenters. The molecule has 0 spiro atoms. The summed E-state index contributed by atoms with van der Waals surface area (Å²) in [5.41, 5.74) is 0. The van der Waals surface area contributed by atoms with Crippen LogP contribution in [0.25, 0.3) is 0 Å². The minimum atomic E-state index is 0.906. The molecule has 11 heavy (non-hydrogen) atoms. The molecule has 0 unspecified atom stereocenters. The summed E-state index contributed by atoms with van der Waals surface area (Å²) in [4.78, 5) is 8.96. The van der Waals surface area contributed by atoms with Gasteiger partial charge in [0.25, 0.3) is 0 Å². The molecule has 0 aromatic rings. The summed E-state index contributed by atoms with van der Waals surface area (Å²) >= 11 is 0. The molecule has 0 radical (unpaired) electrons. The first-order valence-electron chi connectivity index (χ1n) is 3.51. The Labute approximate surface area is 66.9 Å². The first kappa shape index (κ1) is 9.94. The molecule has 4 nitrogen and oxygen atoms in total. The van der Waals surface area contributed by atoms with Crippen LogP contribution < -0.4 is 0 Å². The van der Waals surface area contributed by atoms with Gasteiger partial charge >= 0.3 is 0 Å². The molecule has 0 saturated heterocycles. The maximum Gasteiger partial charge on any atom is 0.106 e. The molecule has 0 aromatic heterocycles. The second-order valence-electron chi connectivity index (χ2n) is 1.87. The zero-order valence-electron chi connectivity index (χ0n) is 6.99. The molecule has 0 aliphatic rings. The van der Waals surface area contributed by atoms with E-state index >= 15 is 0 Å². The van der Waals surface area contributed by atoms with Crippen LogP contribution in [-0.4, -0.2) is 26.6 Å². The molecule has 0 saturated carbocycles. The summed E-state index contributed by atoms with van der Waals surface area (Å²) in [6.45, 7) is 0. The number of hydrogen-bond donors (Lipinski definition) is 0. The molecule has 0 aliphatic heterocycles. The molecule has 0 aromatic carbocycles. The molecule has 0 rings (SSSR count). The molecule has 64 valence electrons. The van der Waals surface area contributed by atoms with Crippen LogP contribution in [0.5, 0.6) is 0 Å². The van der Waals surface area contributed by atoms with Crippen molar-refractivity contribution in [3.05, 3.63) is 0 Å². The SMILES string of the molecule is CO/N=C\CCC/C=N/OC. The van der Waals surface area contributed by atoms with Crippen LogP contribution in [0.1, 0.15) is 19.3 Å². The summed E-state index contributed by atoms with van der Waals surface area (Å²) in [6, 6.07) is 0. The summed E-state index contributed by atoms with van der Waals surface area (Å²) in [6.07, 6.45) is 6.30. The van der Waals surface area contributed by atoms with Crippen LogP contribution in [-0.2, 0) is 9.68 Å². The van der Waals surface area contributed by atoms with Gasteiger partial charge in [-0.2, -0.15) is 0 Å². The molecule has 0 aliphatic carbocycles. The maximum absolute atomic E-state index is 4.48. The molecular weight excluding hydrogens is 144 g/mol.